The van der Waals surface area contributed by atoms with Gasteiger partial charge in [-0.05, 0) is 61.9 Å². The van der Waals surface area contributed by atoms with Crippen LogP contribution in [0.1, 0.15) is 28.1 Å². The maximum Gasteiger partial charge on any atom is 0.416 e. The van der Waals surface area contributed by atoms with Crippen molar-refractivity contribution in [3.05, 3.63) is 87.6 Å². The van der Waals surface area contributed by atoms with Crippen molar-refractivity contribution in [2.45, 2.75) is 31.1 Å². The van der Waals surface area contributed by atoms with Crippen LogP contribution in [-0.2, 0) is 22.2 Å². The number of alkyl halides is 6. The molecule has 1 heterocycles. The highest BCUT2D eigenvalue weighted by Gasteiger charge is 2.37. The van der Waals surface area contributed by atoms with Gasteiger partial charge in [0.05, 0.1) is 16.0 Å². The van der Waals surface area contributed by atoms with Crippen molar-refractivity contribution in [3.63, 3.8) is 0 Å². The standard InChI is InChI=1S/C23H16F6N2O2S/c1-14-8-16(9-21(13-30)34(32,33)20-6-4-3-5-7-20)15(2)31(14)19-11-17(22(24,25)26)10-18(12-19)23(27,28)29/h3-12H,1-2H3/b21-9+. The summed E-state index contributed by atoms with van der Waals surface area (Å²) in [6, 6.07) is 11.3. The lowest BCUT2D eigenvalue weighted by atomic mass is 10.1. The maximum absolute atomic E-state index is 13.3. The lowest BCUT2D eigenvalue weighted by Crippen LogP contribution is -2.13. The van der Waals surface area contributed by atoms with Crippen molar-refractivity contribution in [3.8, 4) is 11.8 Å². The lowest BCUT2D eigenvalue weighted by molar-refractivity contribution is -0.143. The van der Waals surface area contributed by atoms with Gasteiger partial charge in [-0.2, -0.15) is 31.6 Å². The zero-order chi connectivity index (χ0) is 25.5. The van der Waals surface area contributed by atoms with E-state index in [1.807, 2.05) is 0 Å². The van der Waals surface area contributed by atoms with Crippen LogP contribution in [0.2, 0.25) is 0 Å². The highest BCUT2D eigenvalue weighted by Crippen LogP contribution is 2.38. The van der Waals surface area contributed by atoms with Crippen molar-refractivity contribution in [1.82, 2.24) is 4.57 Å². The number of aromatic nitrogens is 1. The molecule has 0 aliphatic heterocycles. The molecular formula is C23H16F6N2O2S. The number of allylic oxidation sites excluding steroid dienone is 1. The van der Waals surface area contributed by atoms with Gasteiger partial charge in [0.25, 0.3) is 0 Å². The Morgan fingerprint density at radius 1 is 0.912 bits per heavy atom. The van der Waals surface area contributed by atoms with Crippen LogP contribution in [0.4, 0.5) is 26.3 Å². The van der Waals surface area contributed by atoms with Crippen LogP contribution in [0.15, 0.2) is 64.4 Å². The van der Waals surface area contributed by atoms with Gasteiger partial charge in [-0.25, -0.2) is 8.42 Å². The Hall–Kier alpha value is -3.52. The summed E-state index contributed by atoms with van der Waals surface area (Å²) >= 11 is 0. The van der Waals surface area contributed by atoms with Crippen molar-refractivity contribution in [2.75, 3.05) is 0 Å². The molecule has 0 aliphatic rings. The molecule has 0 aliphatic carbocycles. The monoisotopic (exact) mass is 498 g/mol. The third kappa shape index (κ3) is 4.87. The largest absolute Gasteiger partial charge is 0.416 e. The summed E-state index contributed by atoms with van der Waals surface area (Å²) in [7, 11) is -4.19. The highest BCUT2D eigenvalue weighted by molar-refractivity contribution is 7.95. The van der Waals surface area contributed by atoms with Crippen molar-refractivity contribution >= 4 is 15.9 Å². The van der Waals surface area contributed by atoms with Crippen molar-refractivity contribution in [1.29, 1.82) is 5.26 Å². The number of hydrogen-bond donors (Lipinski definition) is 0. The Labute approximate surface area is 191 Å². The van der Waals surface area contributed by atoms with E-state index in [4.69, 9.17) is 0 Å². The average Bonchev–Trinajstić information content (AvgIpc) is 3.03. The molecule has 0 saturated carbocycles. The molecule has 11 heteroatoms. The third-order valence-electron chi connectivity index (χ3n) is 5.04. The molecule has 0 fully saturated rings. The number of halogens is 6. The molecule has 4 nitrogen and oxygen atoms in total. The normalized spacial score (nSPS) is 13.1. The van der Waals surface area contributed by atoms with Gasteiger partial charge in [0.2, 0.25) is 9.84 Å². The first-order valence-corrected chi connectivity index (χ1v) is 11.1. The lowest BCUT2D eigenvalue weighted by Gasteiger charge is -2.17. The Balaban J connectivity index is 2.20. The average molecular weight is 498 g/mol. The first kappa shape index (κ1) is 25.1. The summed E-state index contributed by atoms with van der Waals surface area (Å²) in [5.41, 5.74) is -2.81. The van der Waals surface area contributed by atoms with Gasteiger partial charge in [-0.3, -0.25) is 0 Å². The quantitative estimate of drug-likeness (QED) is 0.306. The van der Waals surface area contributed by atoms with E-state index in [-0.39, 0.29) is 27.9 Å². The number of sulfone groups is 1. The van der Waals surface area contributed by atoms with Gasteiger partial charge in [0.1, 0.15) is 11.0 Å². The molecule has 1 aromatic heterocycles. The van der Waals surface area contributed by atoms with E-state index < -0.39 is 43.9 Å². The molecule has 2 aromatic carbocycles. The summed E-state index contributed by atoms with van der Waals surface area (Å²) in [4.78, 5) is -0.761. The molecule has 0 atom stereocenters. The van der Waals surface area contributed by atoms with Gasteiger partial charge in [-0.1, -0.05) is 18.2 Å². The summed E-state index contributed by atoms with van der Waals surface area (Å²) in [6.45, 7) is 2.84. The van der Waals surface area contributed by atoms with E-state index in [0.29, 0.717) is 12.1 Å². The fourth-order valence-corrected chi connectivity index (χ4v) is 4.61. The van der Waals surface area contributed by atoms with Crippen LogP contribution in [0.25, 0.3) is 11.8 Å². The molecule has 34 heavy (non-hydrogen) atoms. The van der Waals surface area contributed by atoms with Gasteiger partial charge in [-0.15, -0.1) is 0 Å². The number of benzene rings is 2. The van der Waals surface area contributed by atoms with E-state index >= 15 is 0 Å². The van der Waals surface area contributed by atoms with Crippen LogP contribution in [0.5, 0.6) is 0 Å². The molecular weight excluding hydrogens is 482 g/mol. The highest BCUT2D eigenvalue weighted by atomic mass is 32.2. The van der Waals surface area contributed by atoms with Crippen LogP contribution in [0.3, 0.4) is 0 Å². The maximum atomic E-state index is 13.3. The molecule has 0 radical (unpaired) electrons. The van der Waals surface area contributed by atoms with E-state index in [1.54, 1.807) is 12.1 Å². The molecule has 178 valence electrons. The molecule has 3 rings (SSSR count). The van der Waals surface area contributed by atoms with Crippen LogP contribution < -0.4 is 0 Å². The summed E-state index contributed by atoms with van der Waals surface area (Å²) in [6.07, 6.45) is -9.00. The minimum absolute atomic E-state index is 0.0265. The number of nitriles is 1. The minimum Gasteiger partial charge on any atom is -0.318 e. The zero-order valence-corrected chi connectivity index (χ0v) is 18.5. The number of nitrogens with zero attached hydrogens (tertiary/aromatic N) is 2. The molecule has 0 spiro atoms. The smallest absolute Gasteiger partial charge is 0.318 e. The van der Waals surface area contributed by atoms with Gasteiger partial charge >= 0.3 is 12.4 Å². The molecule has 0 saturated heterocycles. The van der Waals surface area contributed by atoms with E-state index in [1.165, 1.54) is 44.2 Å². The van der Waals surface area contributed by atoms with Crippen LogP contribution >= 0.6 is 0 Å². The summed E-state index contributed by atoms with van der Waals surface area (Å²) < 4.78 is 106. The first-order chi connectivity index (χ1) is 15.7. The summed E-state index contributed by atoms with van der Waals surface area (Å²) in [5, 5.41) is 9.47. The number of aryl methyl sites for hydroxylation is 1. The van der Waals surface area contributed by atoms with Crippen molar-refractivity contribution in [2.24, 2.45) is 0 Å². The third-order valence-corrected chi connectivity index (χ3v) is 6.72. The zero-order valence-electron chi connectivity index (χ0n) is 17.7. The number of hydrogen-bond acceptors (Lipinski definition) is 3. The SMILES string of the molecule is Cc1cc(/C=C(\C#N)S(=O)(=O)c2ccccc2)c(C)n1-c1cc(C(F)(F)F)cc(C(F)(F)F)c1. The summed E-state index contributed by atoms with van der Waals surface area (Å²) in [5.74, 6) is 0. The molecule has 3 aromatic rings. The fourth-order valence-electron chi connectivity index (χ4n) is 3.44. The molecule has 0 unspecified atom stereocenters. The molecule has 0 N–H and O–H groups in total. The van der Waals surface area contributed by atoms with Gasteiger partial charge in [0.15, 0.2) is 0 Å². The predicted molar refractivity (Wildman–Crippen MR) is 112 cm³/mol. The Morgan fingerprint density at radius 3 is 1.91 bits per heavy atom. The van der Waals surface area contributed by atoms with Gasteiger partial charge < -0.3 is 4.57 Å². The van der Waals surface area contributed by atoms with E-state index in [0.717, 1.165) is 10.6 Å². The Morgan fingerprint density at radius 2 is 1.44 bits per heavy atom. The second-order valence-electron chi connectivity index (χ2n) is 7.36. The topological polar surface area (TPSA) is 62.9 Å². The molecule has 0 amide bonds. The predicted octanol–water partition coefficient (Wildman–Crippen LogP) is 6.47. The van der Waals surface area contributed by atoms with E-state index in [2.05, 4.69) is 0 Å². The first-order valence-electron chi connectivity index (χ1n) is 9.57. The second kappa shape index (κ2) is 8.68. The van der Waals surface area contributed by atoms with Crippen molar-refractivity contribution < 1.29 is 34.8 Å². The second-order valence-corrected chi connectivity index (χ2v) is 9.28. The molecule has 0 bridgehead atoms. The van der Waals surface area contributed by atoms with E-state index in [9.17, 15) is 40.0 Å². The minimum atomic E-state index is -5.02. The van der Waals surface area contributed by atoms with Gasteiger partial charge in [0, 0.05) is 17.1 Å². The Bertz CT molecular complexity index is 1380. The van der Waals surface area contributed by atoms with Crippen LogP contribution in [-0.4, -0.2) is 13.0 Å². The number of rotatable bonds is 4. The Kier molecular flexibility index (Phi) is 6.41. The van der Waals surface area contributed by atoms with Crippen LogP contribution in [0, 0.1) is 25.2 Å². The fraction of sp³-hybridized carbons (Fsp3) is 0.174.